The number of fused-ring (bicyclic) bond motifs is 1. The van der Waals surface area contributed by atoms with E-state index in [9.17, 15) is 0 Å². The minimum Gasteiger partial charge on any atom is -0.377 e. The van der Waals surface area contributed by atoms with Crippen molar-refractivity contribution in [2.24, 2.45) is 5.41 Å². The van der Waals surface area contributed by atoms with Crippen LogP contribution < -0.4 is 5.32 Å². The molecule has 0 amide bonds. The van der Waals surface area contributed by atoms with Crippen LogP contribution in [0.1, 0.15) is 56.7 Å². The molecule has 0 spiro atoms. The molecule has 3 rings (SSSR count). The zero-order valence-electron chi connectivity index (χ0n) is 13.0. The van der Waals surface area contributed by atoms with Gasteiger partial charge in [-0.2, -0.15) is 0 Å². The summed E-state index contributed by atoms with van der Waals surface area (Å²) in [7, 11) is 1.86. The van der Waals surface area contributed by atoms with Crippen molar-refractivity contribution in [2.45, 2.75) is 57.6 Å². The average Bonchev–Trinajstić information content (AvgIpc) is 2.40. The number of hydrogen-bond acceptors (Lipinski definition) is 2. The highest BCUT2D eigenvalue weighted by atomic mass is 16.5. The summed E-state index contributed by atoms with van der Waals surface area (Å²) in [5, 5.41) is 3.84. The van der Waals surface area contributed by atoms with Crippen LogP contribution in [-0.2, 0) is 11.2 Å². The molecule has 2 nitrogen and oxygen atoms in total. The molecule has 2 aliphatic carbocycles. The molecule has 0 heterocycles. The third-order valence-electron chi connectivity index (χ3n) is 5.51. The van der Waals surface area contributed by atoms with Gasteiger partial charge in [-0.25, -0.2) is 0 Å². The van der Waals surface area contributed by atoms with Crippen LogP contribution in [0, 0.1) is 5.41 Å². The van der Waals surface area contributed by atoms with E-state index in [1.54, 1.807) is 0 Å². The van der Waals surface area contributed by atoms with Gasteiger partial charge >= 0.3 is 0 Å². The minimum absolute atomic E-state index is 0.0997. The number of hydrogen-bond donors (Lipinski definition) is 1. The summed E-state index contributed by atoms with van der Waals surface area (Å²) in [6.07, 6.45) is 6.16. The van der Waals surface area contributed by atoms with E-state index in [1.807, 2.05) is 7.11 Å². The molecule has 1 aromatic rings. The van der Waals surface area contributed by atoms with Crippen LogP contribution in [-0.4, -0.2) is 19.3 Å². The van der Waals surface area contributed by atoms with Crippen molar-refractivity contribution in [3.8, 4) is 0 Å². The second kappa shape index (κ2) is 5.16. The van der Waals surface area contributed by atoms with Crippen molar-refractivity contribution in [3.05, 3.63) is 35.4 Å². The molecule has 2 aliphatic rings. The average molecular weight is 273 g/mol. The Kier molecular flexibility index (Phi) is 3.64. The van der Waals surface area contributed by atoms with Gasteiger partial charge in [-0.3, -0.25) is 0 Å². The van der Waals surface area contributed by atoms with Crippen LogP contribution in [0.3, 0.4) is 0 Å². The first-order chi connectivity index (χ1) is 9.56. The first-order valence-corrected chi connectivity index (χ1v) is 7.93. The van der Waals surface area contributed by atoms with Crippen molar-refractivity contribution in [2.75, 3.05) is 13.7 Å². The number of aryl methyl sites for hydroxylation is 1. The second-order valence-electron chi connectivity index (χ2n) is 7.24. The Labute approximate surface area is 122 Å². The molecule has 110 valence electrons. The molecule has 0 saturated heterocycles. The van der Waals surface area contributed by atoms with Crippen molar-refractivity contribution in [1.82, 2.24) is 5.32 Å². The Hall–Kier alpha value is -0.860. The molecule has 2 heteroatoms. The Bertz CT molecular complexity index is 471. The first-order valence-electron chi connectivity index (χ1n) is 7.93. The van der Waals surface area contributed by atoms with Crippen molar-refractivity contribution >= 4 is 0 Å². The van der Waals surface area contributed by atoms with Gasteiger partial charge in [0.15, 0.2) is 0 Å². The zero-order valence-corrected chi connectivity index (χ0v) is 13.0. The molecule has 0 bridgehead atoms. The van der Waals surface area contributed by atoms with Crippen molar-refractivity contribution < 1.29 is 4.74 Å². The summed E-state index contributed by atoms with van der Waals surface area (Å²) < 4.78 is 5.76. The monoisotopic (exact) mass is 273 g/mol. The minimum atomic E-state index is 0.0997. The van der Waals surface area contributed by atoms with E-state index < -0.39 is 0 Å². The van der Waals surface area contributed by atoms with Crippen LogP contribution in [0.15, 0.2) is 24.3 Å². The quantitative estimate of drug-likeness (QED) is 0.899. The normalized spacial score (nSPS) is 26.6. The number of methoxy groups -OCH3 is 1. The molecule has 1 fully saturated rings. The molecule has 1 N–H and O–H groups in total. The molecular formula is C18H27NO. The molecule has 1 saturated carbocycles. The van der Waals surface area contributed by atoms with Gasteiger partial charge < -0.3 is 10.1 Å². The number of ether oxygens (including phenoxy) is 1. The van der Waals surface area contributed by atoms with Crippen molar-refractivity contribution in [1.29, 1.82) is 0 Å². The van der Waals surface area contributed by atoms with Crippen LogP contribution >= 0.6 is 0 Å². The summed E-state index contributed by atoms with van der Waals surface area (Å²) in [6, 6.07) is 9.37. The van der Waals surface area contributed by atoms with Crippen LogP contribution in [0.4, 0.5) is 0 Å². The highest BCUT2D eigenvalue weighted by Crippen LogP contribution is 2.44. The lowest BCUT2D eigenvalue weighted by Crippen LogP contribution is -2.51. The summed E-state index contributed by atoms with van der Waals surface area (Å²) in [5.41, 5.74) is 3.42. The van der Waals surface area contributed by atoms with E-state index in [0.29, 0.717) is 11.5 Å². The zero-order chi connectivity index (χ0) is 14.2. The third kappa shape index (κ3) is 2.40. The maximum Gasteiger partial charge on any atom is 0.0802 e. The lowest BCUT2D eigenvalue weighted by molar-refractivity contribution is -0.0733. The molecule has 0 radical (unpaired) electrons. The van der Waals surface area contributed by atoms with E-state index in [0.717, 1.165) is 6.54 Å². The number of nitrogens with one attached hydrogen (secondary N) is 1. The lowest BCUT2D eigenvalue weighted by atomic mass is 9.70. The predicted octanol–water partition coefficient (Wildman–Crippen LogP) is 3.86. The number of benzene rings is 1. The summed E-state index contributed by atoms with van der Waals surface area (Å²) in [6.45, 7) is 5.76. The second-order valence-corrected chi connectivity index (χ2v) is 7.24. The molecule has 20 heavy (non-hydrogen) atoms. The van der Waals surface area contributed by atoms with Gasteiger partial charge in [-0.15, -0.1) is 0 Å². The standard InChI is InChI=1S/C18H27NO/c1-17(2)12-9-14-7-4-5-8-15(14)16(17)19-13-18(20-3)10-6-11-18/h4-5,7-8,16,19H,6,9-13H2,1-3H3. The van der Waals surface area contributed by atoms with E-state index in [4.69, 9.17) is 4.74 Å². The lowest BCUT2D eigenvalue weighted by Gasteiger charge is -2.45. The SMILES string of the molecule is COC1(CNC2c3ccccc3CCC2(C)C)CCC1. The van der Waals surface area contributed by atoms with E-state index >= 15 is 0 Å². The van der Waals surface area contributed by atoms with Crippen LogP contribution in [0.2, 0.25) is 0 Å². The van der Waals surface area contributed by atoms with Gasteiger partial charge in [-0.05, 0) is 48.6 Å². The highest BCUT2D eigenvalue weighted by Gasteiger charge is 2.40. The van der Waals surface area contributed by atoms with E-state index in [-0.39, 0.29) is 5.60 Å². The Balaban J connectivity index is 1.79. The molecular weight excluding hydrogens is 246 g/mol. The van der Waals surface area contributed by atoms with Gasteiger partial charge in [-0.1, -0.05) is 38.1 Å². The van der Waals surface area contributed by atoms with Gasteiger partial charge in [0.2, 0.25) is 0 Å². The third-order valence-corrected chi connectivity index (χ3v) is 5.51. The fourth-order valence-corrected chi connectivity index (χ4v) is 3.76. The maximum atomic E-state index is 5.76. The highest BCUT2D eigenvalue weighted by molar-refractivity contribution is 5.34. The molecule has 0 aromatic heterocycles. The van der Waals surface area contributed by atoms with Crippen LogP contribution in [0.5, 0.6) is 0 Å². The maximum absolute atomic E-state index is 5.76. The topological polar surface area (TPSA) is 21.3 Å². The fraction of sp³-hybridized carbons (Fsp3) is 0.667. The summed E-state index contributed by atoms with van der Waals surface area (Å²) in [4.78, 5) is 0. The van der Waals surface area contributed by atoms with Gasteiger partial charge in [0.05, 0.1) is 5.60 Å². The number of rotatable bonds is 4. The molecule has 0 aliphatic heterocycles. The molecule has 1 atom stereocenters. The summed E-state index contributed by atoms with van der Waals surface area (Å²) >= 11 is 0. The summed E-state index contributed by atoms with van der Waals surface area (Å²) in [5.74, 6) is 0. The van der Waals surface area contributed by atoms with Gasteiger partial charge in [0.25, 0.3) is 0 Å². The Morgan fingerprint density at radius 2 is 1.95 bits per heavy atom. The van der Waals surface area contributed by atoms with Crippen molar-refractivity contribution in [3.63, 3.8) is 0 Å². The van der Waals surface area contributed by atoms with Gasteiger partial charge in [0.1, 0.15) is 0 Å². The fourth-order valence-electron chi connectivity index (χ4n) is 3.76. The Morgan fingerprint density at radius 3 is 2.60 bits per heavy atom. The van der Waals surface area contributed by atoms with E-state index in [2.05, 4.69) is 43.4 Å². The first kappa shape index (κ1) is 14.1. The predicted molar refractivity (Wildman–Crippen MR) is 82.9 cm³/mol. The molecule has 1 unspecified atom stereocenters. The van der Waals surface area contributed by atoms with E-state index in [1.165, 1.54) is 43.2 Å². The van der Waals surface area contributed by atoms with Gasteiger partial charge in [0, 0.05) is 19.7 Å². The largest absolute Gasteiger partial charge is 0.377 e. The molecule has 1 aromatic carbocycles. The smallest absolute Gasteiger partial charge is 0.0802 e. The van der Waals surface area contributed by atoms with Crippen LogP contribution in [0.25, 0.3) is 0 Å². The Morgan fingerprint density at radius 1 is 1.20 bits per heavy atom.